The van der Waals surface area contributed by atoms with E-state index in [2.05, 4.69) is 6.92 Å². The van der Waals surface area contributed by atoms with Crippen molar-refractivity contribution >= 4 is 5.91 Å². The molecule has 0 aliphatic carbocycles. The second-order valence-corrected chi connectivity index (χ2v) is 3.82. The van der Waals surface area contributed by atoms with Crippen LogP contribution in [0, 0.1) is 5.92 Å². The lowest BCUT2D eigenvalue weighted by Gasteiger charge is -2.27. The molecule has 0 bridgehead atoms. The minimum absolute atomic E-state index is 0.0117. The van der Waals surface area contributed by atoms with Gasteiger partial charge in [-0.05, 0) is 6.92 Å². The molecule has 1 saturated heterocycles. The fraction of sp³-hybridized carbons (Fsp3) is 0.889. The molecule has 2 N–H and O–H groups in total. The Kier molecular flexibility index (Phi) is 3.27. The molecule has 1 rings (SSSR count). The predicted molar refractivity (Wildman–Crippen MR) is 50.2 cm³/mol. The Labute approximate surface area is 79.0 Å². The average molecular weight is 186 g/mol. The number of nitrogens with zero attached hydrogens (tertiary/aromatic N) is 1. The first kappa shape index (κ1) is 10.5. The molecule has 4 heteroatoms. The van der Waals surface area contributed by atoms with E-state index in [9.17, 15) is 4.79 Å². The minimum atomic E-state index is -0.419. The van der Waals surface area contributed by atoms with Crippen LogP contribution in [0.2, 0.25) is 0 Å². The number of hydrogen-bond donors (Lipinski definition) is 1. The first-order valence-corrected chi connectivity index (χ1v) is 4.64. The van der Waals surface area contributed by atoms with Crippen molar-refractivity contribution in [3.63, 3.8) is 0 Å². The molecule has 4 nitrogen and oxygen atoms in total. The minimum Gasteiger partial charge on any atom is -0.379 e. The number of nitrogens with two attached hydrogens (primary N) is 1. The highest BCUT2D eigenvalue weighted by Gasteiger charge is 2.31. The highest BCUT2D eigenvalue weighted by atomic mass is 16.5. The lowest BCUT2D eigenvalue weighted by Crippen LogP contribution is -2.47. The number of hydrogen-bond acceptors (Lipinski definition) is 3. The number of carbonyl (C=O) groups excluding carboxylic acids is 1. The molecule has 0 aromatic heterocycles. The van der Waals surface area contributed by atoms with Crippen LogP contribution in [0.1, 0.15) is 13.8 Å². The molecule has 1 amide bonds. The van der Waals surface area contributed by atoms with Crippen LogP contribution < -0.4 is 5.73 Å². The van der Waals surface area contributed by atoms with Gasteiger partial charge in [-0.1, -0.05) is 6.92 Å². The van der Waals surface area contributed by atoms with Gasteiger partial charge in [0.2, 0.25) is 5.91 Å². The molecule has 1 aliphatic rings. The highest BCUT2D eigenvalue weighted by Crippen LogP contribution is 2.17. The second kappa shape index (κ2) is 4.07. The summed E-state index contributed by atoms with van der Waals surface area (Å²) < 4.78 is 5.29. The number of amides is 1. The van der Waals surface area contributed by atoms with Crippen molar-refractivity contribution in [2.24, 2.45) is 11.7 Å². The van der Waals surface area contributed by atoms with Gasteiger partial charge in [-0.2, -0.15) is 0 Å². The third-order valence-corrected chi connectivity index (χ3v) is 2.56. The van der Waals surface area contributed by atoms with Crippen LogP contribution >= 0.6 is 0 Å². The van der Waals surface area contributed by atoms with E-state index in [-0.39, 0.29) is 11.9 Å². The summed E-state index contributed by atoms with van der Waals surface area (Å²) in [5, 5.41) is 0. The fourth-order valence-electron chi connectivity index (χ4n) is 1.63. The summed E-state index contributed by atoms with van der Waals surface area (Å²) in [5.74, 6) is 0.398. The third-order valence-electron chi connectivity index (χ3n) is 2.56. The molecular weight excluding hydrogens is 168 g/mol. The predicted octanol–water partition coefficient (Wildman–Crippen LogP) is -0.173. The Morgan fingerprint density at radius 3 is 2.62 bits per heavy atom. The Hall–Kier alpha value is -0.610. The van der Waals surface area contributed by atoms with Gasteiger partial charge in [0, 0.05) is 13.0 Å². The van der Waals surface area contributed by atoms with Crippen LogP contribution in [-0.2, 0) is 9.53 Å². The second-order valence-electron chi connectivity index (χ2n) is 3.82. The maximum atomic E-state index is 11.5. The Bertz CT molecular complexity index is 194. The summed E-state index contributed by atoms with van der Waals surface area (Å²) in [6.07, 6.45) is 0. The highest BCUT2D eigenvalue weighted by molar-refractivity contribution is 5.81. The third kappa shape index (κ3) is 2.19. The molecule has 76 valence electrons. The normalized spacial score (nSPS) is 30.2. The van der Waals surface area contributed by atoms with Crippen LogP contribution in [0.5, 0.6) is 0 Å². The van der Waals surface area contributed by atoms with Gasteiger partial charge in [-0.25, -0.2) is 0 Å². The molecular formula is C9H18N2O2. The first-order valence-electron chi connectivity index (χ1n) is 4.64. The summed E-state index contributed by atoms with van der Waals surface area (Å²) in [5.41, 5.74) is 5.52. The summed E-state index contributed by atoms with van der Waals surface area (Å²) in [6.45, 7) is 5.17. The maximum absolute atomic E-state index is 11.5. The van der Waals surface area contributed by atoms with Crippen molar-refractivity contribution in [1.29, 1.82) is 0 Å². The summed E-state index contributed by atoms with van der Waals surface area (Å²) in [4.78, 5) is 13.2. The van der Waals surface area contributed by atoms with E-state index in [1.807, 2.05) is 0 Å². The number of likely N-dealkylation sites (N-methyl/N-ethyl adjacent to an activating group) is 1. The van der Waals surface area contributed by atoms with Crippen LogP contribution in [0.4, 0.5) is 0 Å². The van der Waals surface area contributed by atoms with Gasteiger partial charge >= 0.3 is 0 Å². The van der Waals surface area contributed by atoms with Crippen molar-refractivity contribution in [2.75, 3.05) is 20.3 Å². The smallest absolute Gasteiger partial charge is 0.239 e. The Balaban J connectivity index is 2.56. The zero-order valence-electron chi connectivity index (χ0n) is 8.49. The van der Waals surface area contributed by atoms with E-state index < -0.39 is 6.04 Å². The van der Waals surface area contributed by atoms with Gasteiger partial charge in [0.1, 0.15) is 0 Å². The lowest BCUT2D eigenvalue weighted by molar-refractivity contribution is -0.133. The quantitative estimate of drug-likeness (QED) is 0.651. The maximum Gasteiger partial charge on any atom is 0.239 e. The molecule has 0 aromatic carbocycles. The molecule has 1 fully saturated rings. The Morgan fingerprint density at radius 2 is 2.23 bits per heavy atom. The largest absolute Gasteiger partial charge is 0.379 e. The van der Waals surface area contributed by atoms with Crippen LogP contribution in [0.25, 0.3) is 0 Å². The van der Waals surface area contributed by atoms with E-state index in [4.69, 9.17) is 10.5 Å². The van der Waals surface area contributed by atoms with Crippen molar-refractivity contribution in [2.45, 2.75) is 25.9 Å². The van der Waals surface area contributed by atoms with Gasteiger partial charge < -0.3 is 15.4 Å². The molecule has 1 aliphatic heterocycles. The number of carbonyl (C=O) groups is 1. The molecule has 13 heavy (non-hydrogen) atoms. The molecule has 0 saturated carbocycles. The van der Waals surface area contributed by atoms with Gasteiger partial charge in [0.15, 0.2) is 0 Å². The zero-order chi connectivity index (χ0) is 10.0. The van der Waals surface area contributed by atoms with E-state index in [0.717, 1.165) is 6.61 Å². The molecule has 0 radical (unpaired) electrons. The van der Waals surface area contributed by atoms with Gasteiger partial charge in [-0.3, -0.25) is 4.79 Å². The van der Waals surface area contributed by atoms with Crippen LogP contribution in [0.15, 0.2) is 0 Å². The number of ether oxygens (including phenoxy) is 1. The molecule has 3 unspecified atom stereocenters. The van der Waals surface area contributed by atoms with Gasteiger partial charge in [0.25, 0.3) is 0 Å². The zero-order valence-corrected chi connectivity index (χ0v) is 8.49. The summed E-state index contributed by atoms with van der Waals surface area (Å²) in [6, 6.07) is -0.226. The SMILES string of the molecule is CC(N)C(=O)N(C)C1COCC1C. The number of rotatable bonds is 2. The summed E-state index contributed by atoms with van der Waals surface area (Å²) >= 11 is 0. The summed E-state index contributed by atoms with van der Waals surface area (Å²) in [7, 11) is 1.79. The molecule has 0 spiro atoms. The van der Waals surface area contributed by atoms with Gasteiger partial charge in [-0.15, -0.1) is 0 Å². The first-order chi connectivity index (χ1) is 6.04. The Morgan fingerprint density at radius 1 is 1.62 bits per heavy atom. The van der Waals surface area contributed by atoms with Crippen LogP contribution in [-0.4, -0.2) is 43.2 Å². The van der Waals surface area contributed by atoms with Crippen molar-refractivity contribution in [3.8, 4) is 0 Å². The topological polar surface area (TPSA) is 55.6 Å². The van der Waals surface area contributed by atoms with Crippen molar-refractivity contribution < 1.29 is 9.53 Å². The van der Waals surface area contributed by atoms with Gasteiger partial charge in [0.05, 0.1) is 25.3 Å². The van der Waals surface area contributed by atoms with Crippen LogP contribution in [0.3, 0.4) is 0 Å². The fourth-order valence-corrected chi connectivity index (χ4v) is 1.63. The molecule has 1 heterocycles. The van der Waals surface area contributed by atoms with E-state index in [1.165, 1.54) is 0 Å². The van der Waals surface area contributed by atoms with E-state index >= 15 is 0 Å². The van der Waals surface area contributed by atoms with Crippen molar-refractivity contribution in [3.05, 3.63) is 0 Å². The molecule has 3 atom stereocenters. The lowest BCUT2D eigenvalue weighted by atomic mass is 10.0. The standard InChI is InChI=1S/C9H18N2O2/c1-6-4-13-5-8(6)11(3)9(12)7(2)10/h6-8H,4-5,10H2,1-3H3. The van der Waals surface area contributed by atoms with Crippen molar-refractivity contribution in [1.82, 2.24) is 4.90 Å². The molecule has 0 aromatic rings. The monoisotopic (exact) mass is 186 g/mol. The van der Waals surface area contributed by atoms with E-state index in [1.54, 1.807) is 18.9 Å². The van der Waals surface area contributed by atoms with E-state index in [0.29, 0.717) is 12.5 Å². The average Bonchev–Trinajstić information content (AvgIpc) is 2.48.